The second-order valence-electron chi connectivity index (χ2n) is 6.37. The highest BCUT2D eigenvalue weighted by Gasteiger charge is 2.30. The van der Waals surface area contributed by atoms with E-state index in [4.69, 9.17) is 0 Å². The van der Waals surface area contributed by atoms with E-state index >= 15 is 0 Å². The molecule has 0 saturated carbocycles. The molecule has 1 nitrogen and oxygen atoms in total. The molecule has 0 fully saturated rings. The van der Waals surface area contributed by atoms with E-state index in [2.05, 4.69) is 104 Å². The second-order valence-corrected chi connectivity index (χ2v) is 8.70. The molecule has 7 heteroatoms. The average Bonchev–Trinajstić information content (AvgIpc) is 2.66. The summed E-state index contributed by atoms with van der Waals surface area (Å²) in [6.45, 7) is 2.24. The first-order valence-corrected chi connectivity index (χ1v) is 10.3. The zero-order valence-electron chi connectivity index (χ0n) is 15.6. The molecule has 0 aliphatic rings. The van der Waals surface area contributed by atoms with E-state index in [1.165, 1.54) is 16.2 Å². The highest BCUT2D eigenvalue weighted by atomic mass is 31.1. The highest BCUT2D eigenvalue weighted by molar-refractivity contribution is 7.73. The lowest BCUT2D eigenvalue weighted by Gasteiger charge is -2.30. The van der Waals surface area contributed by atoms with E-state index in [9.17, 15) is 17.3 Å². The maximum absolute atomic E-state index is 9.75. The molecular weight excluding hydrogens is 384 g/mol. The zero-order valence-corrected chi connectivity index (χ0v) is 16.5. The maximum Gasteiger partial charge on any atom is 0.673 e. The molecule has 148 valence electrons. The van der Waals surface area contributed by atoms with Crippen molar-refractivity contribution in [2.45, 2.75) is 18.6 Å². The van der Waals surface area contributed by atoms with Gasteiger partial charge in [-0.25, -0.2) is 0 Å². The quantitative estimate of drug-likeness (QED) is 0.358. The Bertz CT molecular complexity index is 769. The first kappa shape index (κ1) is 22.1. The van der Waals surface area contributed by atoms with Crippen LogP contribution in [0.15, 0.2) is 91.0 Å². The monoisotopic (exact) mass is 407 g/mol. The van der Waals surface area contributed by atoms with Gasteiger partial charge >= 0.3 is 7.25 Å². The first-order valence-electron chi connectivity index (χ1n) is 8.92. The normalized spacial score (nSPS) is 13.4. The smallest absolute Gasteiger partial charge is 0.418 e. The predicted octanol–water partition coefficient (Wildman–Crippen LogP) is 4.79. The third kappa shape index (κ3) is 7.10. The van der Waals surface area contributed by atoms with Crippen LogP contribution in [-0.4, -0.2) is 13.3 Å². The Morgan fingerprint density at radius 2 is 1.00 bits per heavy atom. The van der Waals surface area contributed by atoms with Gasteiger partial charge in [-0.3, -0.25) is 0 Å². The van der Waals surface area contributed by atoms with E-state index in [1.807, 2.05) is 0 Å². The molecular formula is C21H23BF4NP. The summed E-state index contributed by atoms with van der Waals surface area (Å²) < 4.78 is 39.0. The van der Waals surface area contributed by atoms with Crippen molar-refractivity contribution in [3.63, 3.8) is 0 Å². The molecule has 0 aromatic heterocycles. The largest absolute Gasteiger partial charge is 0.673 e. The van der Waals surface area contributed by atoms with Crippen LogP contribution in [0.25, 0.3) is 0 Å². The molecule has 28 heavy (non-hydrogen) atoms. The molecule has 0 aliphatic heterocycles. The summed E-state index contributed by atoms with van der Waals surface area (Å²) in [5, 5.41) is 2.83. The SMILES string of the molecule is C[C@@H]([NH3+])[C@@H](c1ccccc1)P(c1ccccc1)c1ccccc1.F[B-](F)(F)F. The Labute approximate surface area is 164 Å². The lowest BCUT2D eigenvalue weighted by atomic mass is 10.1. The summed E-state index contributed by atoms with van der Waals surface area (Å²) in [6, 6.07) is 33.0. The number of hydrogen-bond acceptors (Lipinski definition) is 0. The van der Waals surface area contributed by atoms with Gasteiger partial charge in [-0.2, -0.15) is 0 Å². The summed E-state index contributed by atoms with van der Waals surface area (Å²) in [4.78, 5) is 0. The fraction of sp³-hybridized carbons (Fsp3) is 0.143. The van der Waals surface area contributed by atoms with Gasteiger partial charge in [0.2, 0.25) is 0 Å². The van der Waals surface area contributed by atoms with Gasteiger partial charge in [0.15, 0.2) is 0 Å². The topological polar surface area (TPSA) is 27.6 Å². The Kier molecular flexibility index (Phi) is 8.22. The van der Waals surface area contributed by atoms with Crippen LogP contribution in [0.3, 0.4) is 0 Å². The molecule has 3 aromatic carbocycles. The standard InChI is InChI=1S/C21H22NP.BF4/c1-17(22)21(18-11-5-2-6-12-18)23(19-13-7-3-8-14-19)20-15-9-4-10-16-20;2-1(3,4)5/h2-17,21H,22H2,1H3;/q;-1/p+1/t17-,21+;/m1./s1. The second kappa shape index (κ2) is 10.4. The number of hydrogen-bond donors (Lipinski definition) is 1. The van der Waals surface area contributed by atoms with E-state index < -0.39 is 15.2 Å². The van der Waals surface area contributed by atoms with Crippen molar-refractivity contribution in [1.29, 1.82) is 0 Å². The molecule has 0 amide bonds. The molecule has 3 rings (SSSR count). The Morgan fingerprint density at radius 3 is 1.32 bits per heavy atom. The molecule has 0 aliphatic carbocycles. The average molecular weight is 407 g/mol. The minimum absolute atomic E-state index is 0.337. The molecule has 2 atom stereocenters. The fourth-order valence-electron chi connectivity index (χ4n) is 3.03. The minimum Gasteiger partial charge on any atom is -0.418 e. The van der Waals surface area contributed by atoms with Crippen molar-refractivity contribution in [2.24, 2.45) is 0 Å². The third-order valence-electron chi connectivity index (χ3n) is 4.03. The first-order chi connectivity index (χ1) is 13.3. The van der Waals surface area contributed by atoms with Gasteiger partial charge in [0, 0.05) is 0 Å². The lowest BCUT2D eigenvalue weighted by Crippen LogP contribution is -2.62. The van der Waals surface area contributed by atoms with Gasteiger partial charge in [0.05, 0.1) is 11.7 Å². The van der Waals surface area contributed by atoms with Gasteiger partial charge in [0.25, 0.3) is 0 Å². The number of halogens is 4. The van der Waals surface area contributed by atoms with Gasteiger partial charge in [-0.15, -0.1) is 0 Å². The van der Waals surface area contributed by atoms with Crippen molar-refractivity contribution < 1.29 is 23.0 Å². The molecule has 0 heterocycles. The van der Waals surface area contributed by atoms with Crippen molar-refractivity contribution in [2.75, 3.05) is 0 Å². The van der Waals surface area contributed by atoms with Crippen molar-refractivity contribution in [3.05, 3.63) is 96.6 Å². The van der Waals surface area contributed by atoms with Crippen LogP contribution in [0.2, 0.25) is 0 Å². The molecule has 0 bridgehead atoms. The fourth-order valence-corrected chi connectivity index (χ4v) is 5.94. The zero-order chi connectivity index (χ0) is 20.6. The van der Waals surface area contributed by atoms with Crippen LogP contribution < -0.4 is 16.3 Å². The van der Waals surface area contributed by atoms with Gasteiger partial charge in [0.1, 0.15) is 0 Å². The molecule has 3 aromatic rings. The van der Waals surface area contributed by atoms with Crippen LogP contribution in [0.1, 0.15) is 18.1 Å². The van der Waals surface area contributed by atoms with Gasteiger partial charge in [-0.1, -0.05) is 91.0 Å². The van der Waals surface area contributed by atoms with Crippen LogP contribution in [-0.2, 0) is 0 Å². The van der Waals surface area contributed by atoms with Crippen LogP contribution in [0, 0.1) is 0 Å². The lowest BCUT2D eigenvalue weighted by molar-refractivity contribution is -0.414. The Balaban J connectivity index is 0.000000500. The number of quaternary nitrogens is 1. The molecule has 0 radical (unpaired) electrons. The van der Waals surface area contributed by atoms with Crippen molar-refractivity contribution >= 4 is 25.8 Å². The Hall–Kier alpha value is -2.17. The Morgan fingerprint density at radius 1 is 0.679 bits per heavy atom. The minimum atomic E-state index is -6.00. The predicted molar refractivity (Wildman–Crippen MR) is 111 cm³/mol. The maximum atomic E-state index is 9.75. The van der Waals surface area contributed by atoms with Gasteiger partial charge in [-0.05, 0) is 31.0 Å². The summed E-state index contributed by atoms with van der Waals surface area (Å²) in [5.41, 5.74) is 6.20. The van der Waals surface area contributed by atoms with E-state index in [1.54, 1.807) is 0 Å². The van der Waals surface area contributed by atoms with Crippen molar-refractivity contribution in [1.82, 2.24) is 0 Å². The van der Waals surface area contributed by atoms with E-state index in [0.29, 0.717) is 11.7 Å². The van der Waals surface area contributed by atoms with Gasteiger partial charge < -0.3 is 23.0 Å². The van der Waals surface area contributed by atoms with E-state index in [-0.39, 0.29) is 0 Å². The summed E-state index contributed by atoms with van der Waals surface area (Å²) in [7, 11) is -6.49. The molecule has 0 spiro atoms. The summed E-state index contributed by atoms with van der Waals surface area (Å²) in [5.74, 6) is 0. The van der Waals surface area contributed by atoms with Crippen molar-refractivity contribution in [3.8, 4) is 0 Å². The van der Waals surface area contributed by atoms with Crippen LogP contribution >= 0.6 is 7.92 Å². The molecule has 0 unspecified atom stereocenters. The molecule has 0 saturated heterocycles. The third-order valence-corrected chi connectivity index (χ3v) is 7.10. The van der Waals surface area contributed by atoms with Crippen LogP contribution in [0.4, 0.5) is 17.3 Å². The summed E-state index contributed by atoms with van der Waals surface area (Å²) in [6.07, 6.45) is 0. The van der Waals surface area contributed by atoms with Crippen LogP contribution in [0.5, 0.6) is 0 Å². The summed E-state index contributed by atoms with van der Waals surface area (Å²) >= 11 is 0. The highest BCUT2D eigenvalue weighted by Crippen LogP contribution is 2.50. The van der Waals surface area contributed by atoms with E-state index in [0.717, 1.165) is 0 Å². The molecule has 3 N–H and O–H groups in total. The number of rotatable bonds is 5. The number of benzene rings is 3.